The fraction of sp³-hybridized carbons (Fsp3) is 0.650. The summed E-state index contributed by atoms with van der Waals surface area (Å²) >= 11 is 0. The lowest BCUT2D eigenvalue weighted by Crippen LogP contribution is -2.45. The predicted molar refractivity (Wildman–Crippen MR) is 122 cm³/mol. The molecular formula is C20H36IN5. The maximum absolute atomic E-state index is 4.27. The van der Waals surface area contributed by atoms with Gasteiger partial charge in [0.25, 0.3) is 0 Å². The van der Waals surface area contributed by atoms with Crippen LogP contribution in [0.2, 0.25) is 0 Å². The number of halogens is 1. The first-order valence-corrected chi connectivity index (χ1v) is 9.57. The minimum atomic E-state index is 0. The third-order valence-corrected chi connectivity index (χ3v) is 4.70. The third kappa shape index (κ3) is 8.22. The lowest BCUT2D eigenvalue weighted by molar-refractivity contribution is 0.132. The normalized spacial score (nSPS) is 16.4. The van der Waals surface area contributed by atoms with Crippen LogP contribution in [0.15, 0.2) is 29.3 Å². The van der Waals surface area contributed by atoms with Crippen molar-refractivity contribution in [2.45, 2.75) is 33.9 Å². The van der Waals surface area contributed by atoms with Crippen molar-refractivity contribution < 1.29 is 0 Å². The van der Waals surface area contributed by atoms with E-state index in [0.717, 1.165) is 25.6 Å². The van der Waals surface area contributed by atoms with Gasteiger partial charge in [0.05, 0.1) is 0 Å². The second-order valence-electron chi connectivity index (χ2n) is 7.23. The van der Waals surface area contributed by atoms with Crippen LogP contribution in [-0.2, 0) is 13.1 Å². The average Bonchev–Trinajstić information content (AvgIpc) is 2.63. The number of nitrogens with zero attached hydrogens (tertiary/aromatic N) is 3. The van der Waals surface area contributed by atoms with Crippen LogP contribution in [-0.4, -0.2) is 62.1 Å². The maximum Gasteiger partial charge on any atom is 0.191 e. The zero-order valence-electron chi connectivity index (χ0n) is 16.8. The molecule has 1 aromatic rings. The summed E-state index contributed by atoms with van der Waals surface area (Å²) in [6.45, 7) is 15.3. The van der Waals surface area contributed by atoms with E-state index in [-0.39, 0.29) is 24.0 Å². The second kappa shape index (κ2) is 12.5. The topological polar surface area (TPSA) is 42.9 Å². The van der Waals surface area contributed by atoms with Crippen molar-refractivity contribution in [2.75, 3.05) is 46.3 Å². The zero-order chi connectivity index (χ0) is 18.1. The summed E-state index contributed by atoms with van der Waals surface area (Å²) in [5, 5.41) is 6.72. The molecule has 1 saturated heterocycles. The fourth-order valence-electron chi connectivity index (χ4n) is 2.99. The van der Waals surface area contributed by atoms with Crippen LogP contribution >= 0.6 is 24.0 Å². The Kier molecular flexibility index (Phi) is 11.2. The highest BCUT2D eigenvalue weighted by Crippen LogP contribution is 2.10. The van der Waals surface area contributed by atoms with E-state index in [1.54, 1.807) is 0 Å². The quantitative estimate of drug-likeness (QED) is 0.363. The molecule has 0 radical (unpaired) electrons. The van der Waals surface area contributed by atoms with Crippen LogP contribution in [0.5, 0.6) is 0 Å². The van der Waals surface area contributed by atoms with Crippen molar-refractivity contribution in [1.29, 1.82) is 0 Å². The third-order valence-electron chi connectivity index (χ3n) is 4.70. The molecule has 0 atom stereocenters. The summed E-state index contributed by atoms with van der Waals surface area (Å²) in [5.74, 6) is 1.48. The number of aliphatic imine (C=N–C) groups is 1. The second-order valence-corrected chi connectivity index (χ2v) is 7.23. The fourth-order valence-corrected chi connectivity index (χ4v) is 2.99. The van der Waals surface area contributed by atoms with Gasteiger partial charge in [0, 0.05) is 52.9 Å². The molecule has 0 aliphatic carbocycles. The number of piperazine rings is 1. The van der Waals surface area contributed by atoms with Gasteiger partial charge in [-0.1, -0.05) is 45.0 Å². The van der Waals surface area contributed by atoms with Crippen LogP contribution < -0.4 is 10.6 Å². The summed E-state index contributed by atoms with van der Waals surface area (Å²) in [7, 11) is 1.82. The van der Waals surface area contributed by atoms with Crippen molar-refractivity contribution in [2.24, 2.45) is 10.9 Å². The molecule has 0 amide bonds. The van der Waals surface area contributed by atoms with Gasteiger partial charge in [-0.25, -0.2) is 0 Å². The first-order chi connectivity index (χ1) is 12.1. The molecule has 1 heterocycles. The van der Waals surface area contributed by atoms with Gasteiger partial charge in [-0.05, 0) is 23.6 Å². The molecule has 5 nitrogen and oxygen atoms in total. The smallest absolute Gasteiger partial charge is 0.191 e. The highest BCUT2D eigenvalue weighted by molar-refractivity contribution is 14.0. The van der Waals surface area contributed by atoms with E-state index in [0.29, 0.717) is 5.92 Å². The van der Waals surface area contributed by atoms with E-state index in [2.05, 4.69) is 70.5 Å². The number of benzene rings is 1. The van der Waals surface area contributed by atoms with Gasteiger partial charge < -0.3 is 15.5 Å². The molecule has 1 aromatic carbocycles. The molecule has 0 spiro atoms. The molecule has 6 heteroatoms. The lowest BCUT2D eigenvalue weighted by atomic mass is 10.1. The number of hydrogen-bond acceptors (Lipinski definition) is 3. The highest BCUT2D eigenvalue weighted by atomic mass is 127. The van der Waals surface area contributed by atoms with Gasteiger partial charge in [-0.3, -0.25) is 9.89 Å². The van der Waals surface area contributed by atoms with E-state index >= 15 is 0 Å². The first-order valence-electron chi connectivity index (χ1n) is 9.57. The number of likely N-dealkylation sites (N-methyl/N-ethyl adjacent to an activating group) is 1. The predicted octanol–water partition coefficient (Wildman–Crippen LogP) is 2.76. The van der Waals surface area contributed by atoms with Crippen LogP contribution in [0.4, 0.5) is 0 Å². The molecule has 2 N–H and O–H groups in total. The maximum atomic E-state index is 4.27. The molecule has 148 valence electrons. The molecule has 1 aliphatic rings. The summed E-state index contributed by atoms with van der Waals surface area (Å²) in [6.07, 6.45) is 0. The van der Waals surface area contributed by atoms with Gasteiger partial charge >= 0.3 is 0 Å². The molecular weight excluding hydrogens is 437 g/mol. The summed E-state index contributed by atoms with van der Waals surface area (Å²) in [5.41, 5.74) is 2.68. The van der Waals surface area contributed by atoms with Gasteiger partial charge in [-0.15, -0.1) is 24.0 Å². The molecule has 0 saturated carbocycles. The average molecular weight is 473 g/mol. The number of hydrogen-bond donors (Lipinski definition) is 2. The van der Waals surface area contributed by atoms with Crippen molar-refractivity contribution >= 4 is 29.9 Å². The van der Waals surface area contributed by atoms with Crippen LogP contribution in [0.1, 0.15) is 31.9 Å². The number of rotatable bonds is 7. The Hall–Kier alpha value is -0.860. The minimum absolute atomic E-state index is 0. The Morgan fingerprint density at radius 2 is 1.58 bits per heavy atom. The van der Waals surface area contributed by atoms with Gasteiger partial charge in [0.15, 0.2) is 5.96 Å². The molecule has 0 unspecified atom stereocenters. The Balaban J connectivity index is 0.00000338. The zero-order valence-corrected chi connectivity index (χ0v) is 19.1. The Labute approximate surface area is 176 Å². The summed E-state index contributed by atoms with van der Waals surface area (Å²) in [6, 6.07) is 8.96. The lowest BCUT2D eigenvalue weighted by Gasteiger charge is -2.34. The largest absolute Gasteiger partial charge is 0.356 e. The van der Waals surface area contributed by atoms with E-state index in [1.807, 2.05) is 7.05 Å². The molecule has 1 fully saturated rings. The Bertz CT molecular complexity index is 522. The van der Waals surface area contributed by atoms with E-state index in [9.17, 15) is 0 Å². The molecule has 1 aliphatic heterocycles. The standard InChI is InChI=1S/C20H35N5.HI/c1-5-24-10-12-25(13-11-24)16-19-8-6-18(7-9-19)15-23-20(21-4)22-14-17(2)3;/h6-9,17H,5,10-16H2,1-4H3,(H2,21,22,23);1H. The first kappa shape index (κ1) is 23.2. The van der Waals surface area contributed by atoms with E-state index in [1.165, 1.54) is 43.9 Å². The molecule has 2 rings (SSSR count). The molecule has 0 aromatic heterocycles. The minimum Gasteiger partial charge on any atom is -0.356 e. The molecule has 26 heavy (non-hydrogen) atoms. The van der Waals surface area contributed by atoms with Crippen molar-refractivity contribution in [3.05, 3.63) is 35.4 Å². The highest BCUT2D eigenvalue weighted by Gasteiger charge is 2.15. The Morgan fingerprint density at radius 3 is 2.12 bits per heavy atom. The van der Waals surface area contributed by atoms with Gasteiger partial charge in [-0.2, -0.15) is 0 Å². The van der Waals surface area contributed by atoms with Crippen LogP contribution in [0, 0.1) is 5.92 Å². The van der Waals surface area contributed by atoms with Crippen LogP contribution in [0.25, 0.3) is 0 Å². The summed E-state index contributed by atoms with van der Waals surface area (Å²) in [4.78, 5) is 9.34. The van der Waals surface area contributed by atoms with Crippen molar-refractivity contribution in [3.63, 3.8) is 0 Å². The number of guanidine groups is 1. The Morgan fingerprint density at radius 1 is 1.00 bits per heavy atom. The van der Waals surface area contributed by atoms with Crippen molar-refractivity contribution in [1.82, 2.24) is 20.4 Å². The van der Waals surface area contributed by atoms with E-state index < -0.39 is 0 Å². The van der Waals surface area contributed by atoms with E-state index in [4.69, 9.17) is 0 Å². The van der Waals surface area contributed by atoms with Crippen molar-refractivity contribution in [3.8, 4) is 0 Å². The number of nitrogens with one attached hydrogen (secondary N) is 2. The van der Waals surface area contributed by atoms with Gasteiger partial charge in [0.1, 0.15) is 0 Å². The summed E-state index contributed by atoms with van der Waals surface area (Å²) < 4.78 is 0. The molecule has 0 bridgehead atoms. The van der Waals surface area contributed by atoms with Crippen LogP contribution in [0.3, 0.4) is 0 Å². The monoisotopic (exact) mass is 473 g/mol. The SMILES string of the molecule is CCN1CCN(Cc2ccc(CNC(=NC)NCC(C)C)cc2)CC1.I. The van der Waals surface area contributed by atoms with Gasteiger partial charge in [0.2, 0.25) is 0 Å².